The second-order valence-corrected chi connectivity index (χ2v) is 6.28. The van der Waals surface area contributed by atoms with E-state index in [0.717, 1.165) is 51.7 Å². The average Bonchev–Trinajstić information content (AvgIpc) is 2.34. The van der Waals surface area contributed by atoms with Crippen LogP contribution in [-0.4, -0.2) is 24.8 Å². The number of carbonyl (C=O) groups excluding carboxylic acids is 1. The first-order chi connectivity index (χ1) is 9.45. The van der Waals surface area contributed by atoms with Gasteiger partial charge in [0.05, 0.1) is 0 Å². The first kappa shape index (κ1) is 19.4. The third-order valence-electron chi connectivity index (χ3n) is 2.88. The van der Waals surface area contributed by atoms with E-state index in [0.29, 0.717) is 6.42 Å². The summed E-state index contributed by atoms with van der Waals surface area (Å²) in [5.74, 6) is -0.0841. The lowest BCUT2D eigenvalue weighted by atomic mass is 10.1. The highest BCUT2D eigenvalue weighted by atomic mass is 16.6. The monoisotopic (exact) mass is 285 g/mol. The van der Waals surface area contributed by atoms with Crippen molar-refractivity contribution in [3.05, 3.63) is 6.92 Å². The van der Waals surface area contributed by atoms with E-state index in [4.69, 9.17) is 9.47 Å². The summed E-state index contributed by atoms with van der Waals surface area (Å²) in [6, 6.07) is 0. The first-order valence-corrected chi connectivity index (χ1v) is 8.04. The Morgan fingerprint density at radius 1 is 0.900 bits per heavy atom. The van der Waals surface area contributed by atoms with Gasteiger partial charge in [-0.05, 0) is 40.0 Å². The van der Waals surface area contributed by atoms with E-state index in [9.17, 15) is 4.79 Å². The molecule has 119 valence electrons. The van der Waals surface area contributed by atoms with E-state index < -0.39 is 0 Å². The third kappa shape index (κ3) is 15.5. The summed E-state index contributed by atoms with van der Waals surface area (Å²) in [7, 11) is 0. The molecule has 0 rings (SSSR count). The van der Waals surface area contributed by atoms with Gasteiger partial charge >= 0.3 is 5.97 Å². The molecule has 0 bridgehead atoms. The zero-order valence-corrected chi connectivity index (χ0v) is 13.7. The smallest absolute Gasteiger partial charge is 0.306 e. The van der Waals surface area contributed by atoms with Gasteiger partial charge in [-0.3, -0.25) is 4.79 Å². The number of rotatable bonds is 12. The van der Waals surface area contributed by atoms with Crippen LogP contribution in [0.25, 0.3) is 0 Å². The second kappa shape index (κ2) is 12.2. The highest BCUT2D eigenvalue weighted by Crippen LogP contribution is 2.11. The Labute approximate surface area is 125 Å². The number of hydrogen-bond donors (Lipinski definition) is 0. The molecule has 0 atom stereocenters. The Balaban J connectivity index is 3.19. The fraction of sp³-hybridized carbons (Fsp3) is 0.882. The van der Waals surface area contributed by atoms with Crippen molar-refractivity contribution in [3.8, 4) is 0 Å². The molecule has 0 unspecified atom stereocenters. The molecule has 3 heteroatoms. The molecule has 0 aromatic heterocycles. The molecule has 1 radical (unpaired) electrons. The van der Waals surface area contributed by atoms with Crippen molar-refractivity contribution in [1.82, 2.24) is 0 Å². The first-order valence-electron chi connectivity index (χ1n) is 8.04. The van der Waals surface area contributed by atoms with E-state index in [1.54, 1.807) is 0 Å². The lowest BCUT2D eigenvalue weighted by molar-refractivity contribution is -0.154. The number of hydrogen-bond acceptors (Lipinski definition) is 3. The van der Waals surface area contributed by atoms with E-state index in [-0.39, 0.29) is 11.6 Å². The highest BCUT2D eigenvalue weighted by molar-refractivity contribution is 5.69. The summed E-state index contributed by atoms with van der Waals surface area (Å²) in [5, 5.41) is 0. The fourth-order valence-corrected chi connectivity index (χ4v) is 1.88. The molecule has 0 saturated carbocycles. The van der Waals surface area contributed by atoms with Gasteiger partial charge in [0.1, 0.15) is 5.60 Å². The van der Waals surface area contributed by atoms with Gasteiger partial charge in [0.25, 0.3) is 0 Å². The van der Waals surface area contributed by atoms with Gasteiger partial charge in [-0.25, -0.2) is 0 Å². The van der Waals surface area contributed by atoms with Crippen LogP contribution in [0.2, 0.25) is 0 Å². The zero-order chi connectivity index (χ0) is 15.3. The van der Waals surface area contributed by atoms with Crippen LogP contribution in [0.1, 0.15) is 78.6 Å². The lowest BCUT2D eigenvalue weighted by Gasteiger charge is -2.19. The predicted molar refractivity (Wildman–Crippen MR) is 83.6 cm³/mol. The number of carbonyl (C=O) groups is 1. The van der Waals surface area contributed by atoms with Crippen molar-refractivity contribution < 1.29 is 14.3 Å². The average molecular weight is 285 g/mol. The molecule has 0 aromatic rings. The molecule has 0 aliphatic heterocycles. The Morgan fingerprint density at radius 2 is 1.45 bits per heavy atom. The van der Waals surface area contributed by atoms with Gasteiger partial charge in [-0.2, -0.15) is 0 Å². The Hall–Kier alpha value is -0.570. The molecule has 3 nitrogen and oxygen atoms in total. The van der Waals surface area contributed by atoms with Crippen LogP contribution in [0.3, 0.4) is 0 Å². The minimum atomic E-state index is -0.362. The molecule has 0 saturated heterocycles. The highest BCUT2D eigenvalue weighted by Gasteiger charge is 2.15. The third-order valence-corrected chi connectivity index (χ3v) is 2.88. The molecule has 0 amide bonds. The van der Waals surface area contributed by atoms with Crippen LogP contribution in [-0.2, 0) is 14.3 Å². The van der Waals surface area contributed by atoms with Crippen LogP contribution < -0.4 is 0 Å². The molecule has 0 spiro atoms. The topological polar surface area (TPSA) is 35.5 Å². The Kier molecular flexibility index (Phi) is 11.8. The van der Waals surface area contributed by atoms with Crippen molar-refractivity contribution in [1.29, 1.82) is 0 Å². The maximum atomic E-state index is 11.5. The van der Waals surface area contributed by atoms with E-state index in [1.165, 1.54) is 12.8 Å². The molecule has 0 fully saturated rings. The summed E-state index contributed by atoms with van der Waals surface area (Å²) < 4.78 is 10.8. The molecule has 0 heterocycles. The molecule has 0 aromatic carbocycles. The molecule has 0 aliphatic carbocycles. The molecular weight excluding hydrogens is 252 g/mol. The SMILES string of the molecule is [CH2]CCCCCOCCCCCCC(=O)OC(C)(C)C. The molecule has 20 heavy (non-hydrogen) atoms. The van der Waals surface area contributed by atoms with Crippen molar-refractivity contribution >= 4 is 5.97 Å². The summed E-state index contributed by atoms with van der Waals surface area (Å²) in [6.07, 6.45) is 9.33. The quantitative estimate of drug-likeness (QED) is 0.385. The molecule has 0 aliphatic rings. The van der Waals surface area contributed by atoms with E-state index in [1.807, 2.05) is 20.8 Å². The van der Waals surface area contributed by atoms with E-state index in [2.05, 4.69) is 6.92 Å². The van der Waals surface area contributed by atoms with Crippen LogP contribution in [0, 0.1) is 6.92 Å². The predicted octanol–water partition coefficient (Wildman–Crippen LogP) is 4.69. The Bertz CT molecular complexity index is 231. The largest absolute Gasteiger partial charge is 0.460 e. The van der Waals surface area contributed by atoms with Gasteiger partial charge in [0.15, 0.2) is 0 Å². The fourth-order valence-electron chi connectivity index (χ4n) is 1.88. The number of esters is 1. The Morgan fingerprint density at radius 3 is 2.00 bits per heavy atom. The standard InChI is InChI=1S/C17H33O3/c1-5-6-7-11-14-19-15-12-9-8-10-13-16(18)20-17(2,3)4/h1,5-15H2,2-4H3. The number of ether oxygens (including phenoxy) is 2. The van der Waals surface area contributed by atoms with Crippen molar-refractivity contribution in [3.63, 3.8) is 0 Å². The van der Waals surface area contributed by atoms with Crippen molar-refractivity contribution in [2.24, 2.45) is 0 Å². The lowest BCUT2D eigenvalue weighted by Crippen LogP contribution is -2.23. The van der Waals surface area contributed by atoms with Crippen LogP contribution >= 0.6 is 0 Å². The van der Waals surface area contributed by atoms with Gasteiger partial charge in [0, 0.05) is 19.6 Å². The summed E-state index contributed by atoms with van der Waals surface area (Å²) in [4.78, 5) is 11.5. The van der Waals surface area contributed by atoms with Crippen molar-refractivity contribution in [2.45, 2.75) is 84.2 Å². The maximum Gasteiger partial charge on any atom is 0.306 e. The van der Waals surface area contributed by atoms with E-state index >= 15 is 0 Å². The van der Waals surface area contributed by atoms with Gasteiger partial charge in [0.2, 0.25) is 0 Å². The molecule has 0 N–H and O–H groups in total. The van der Waals surface area contributed by atoms with Crippen LogP contribution in [0.4, 0.5) is 0 Å². The van der Waals surface area contributed by atoms with Crippen molar-refractivity contribution in [2.75, 3.05) is 13.2 Å². The van der Waals surface area contributed by atoms with Gasteiger partial charge < -0.3 is 9.47 Å². The molecular formula is C17H33O3. The van der Waals surface area contributed by atoms with Crippen LogP contribution in [0.5, 0.6) is 0 Å². The summed E-state index contributed by atoms with van der Waals surface area (Å²) >= 11 is 0. The number of unbranched alkanes of at least 4 members (excludes halogenated alkanes) is 6. The normalized spacial score (nSPS) is 11.6. The summed E-state index contributed by atoms with van der Waals surface area (Å²) in [5.41, 5.74) is -0.362. The minimum absolute atomic E-state index is 0.0841. The zero-order valence-electron chi connectivity index (χ0n) is 13.7. The summed E-state index contributed by atoms with van der Waals surface area (Å²) in [6.45, 7) is 11.2. The van der Waals surface area contributed by atoms with Crippen LogP contribution in [0.15, 0.2) is 0 Å². The minimum Gasteiger partial charge on any atom is -0.460 e. The van der Waals surface area contributed by atoms with Gasteiger partial charge in [-0.1, -0.05) is 39.0 Å². The second-order valence-electron chi connectivity index (χ2n) is 6.28. The maximum absolute atomic E-state index is 11.5. The van der Waals surface area contributed by atoms with Gasteiger partial charge in [-0.15, -0.1) is 0 Å².